The van der Waals surface area contributed by atoms with Crippen LogP contribution < -0.4 is 5.32 Å². The summed E-state index contributed by atoms with van der Waals surface area (Å²) in [4.78, 5) is 4.69. The van der Waals surface area contributed by atoms with Gasteiger partial charge in [0.25, 0.3) is 0 Å². The molecule has 1 aliphatic rings. The van der Waals surface area contributed by atoms with Crippen molar-refractivity contribution in [3.05, 3.63) is 48.0 Å². The summed E-state index contributed by atoms with van der Waals surface area (Å²) in [6.45, 7) is 5.83. The van der Waals surface area contributed by atoms with Crippen LogP contribution >= 0.6 is 0 Å². The van der Waals surface area contributed by atoms with Crippen molar-refractivity contribution in [1.82, 2.24) is 19.2 Å². The maximum absolute atomic E-state index is 13.1. The molecule has 1 aromatic carbocycles. The molecular weight excluding hydrogens is 324 g/mol. The van der Waals surface area contributed by atoms with E-state index in [0.717, 1.165) is 11.4 Å². The average Bonchev–Trinajstić information content (AvgIpc) is 3.01. The number of nitrogens with one attached hydrogen (secondary N) is 1. The van der Waals surface area contributed by atoms with Crippen molar-refractivity contribution in [2.45, 2.75) is 30.7 Å². The molecule has 1 saturated heterocycles. The van der Waals surface area contributed by atoms with E-state index < -0.39 is 10.0 Å². The molecule has 1 aromatic heterocycles. The average molecular weight is 348 g/mol. The normalized spacial score (nSPS) is 19.8. The third-order valence-electron chi connectivity index (χ3n) is 4.50. The third-order valence-corrected chi connectivity index (χ3v) is 6.43. The van der Waals surface area contributed by atoms with E-state index in [0.29, 0.717) is 30.4 Å². The van der Waals surface area contributed by atoms with Gasteiger partial charge in [-0.15, -0.1) is 0 Å². The van der Waals surface area contributed by atoms with Crippen LogP contribution in [0.25, 0.3) is 0 Å². The SMILES string of the molecule is CC(C)c1ccc(S(=O)(=O)N2CCNCC2c2nccn2C)cc1. The van der Waals surface area contributed by atoms with Crippen molar-refractivity contribution in [3.63, 3.8) is 0 Å². The van der Waals surface area contributed by atoms with E-state index in [1.54, 1.807) is 22.6 Å². The molecule has 0 bridgehead atoms. The first kappa shape index (κ1) is 17.1. The number of benzene rings is 1. The molecule has 1 unspecified atom stereocenters. The van der Waals surface area contributed by atoms with Gasteiger partial charge in [-0.3, -0.25) is 0 Å². The second-order valence-electron chi connectivity index (χ2n) is 6.46. The monoisotopic (exact) mass is 348 g/mol. The Morgan fingerprint density at radius 1 is 1.25 bits per heavy atom. The Morgan fingerprint density at radius 3 is 2.54 bits per heavy atom. The highest BCUT2D eigenvalue weighted by molar-refractivity contribution is 7.89. The summed E-state index contributed by atoms with van der Waals surface area (Å²) in [6.07, 6.45) is 3.54. The number of aromatic nitrogens is 2. The van der Waals surface area contributed by atoms with Gasteiger partial charge >= 0.3 is 0 Å². The van der Waals surface area contributed by atoms with Gasteiger partial charge in [0, 0.05) is 39.1 Å². The molecule has 0 spiro atoms. The van der Waals surface area contributed by atoms with Gasteiger partial charge in [0.15, 0.2) is 0 Å². The first-order valence-electron chi connectivity index (χ1n) is 8.21. The second kappa shape index (κ2) is 6.66. The first-order chi connectivity index (χ1) is 11.4. The molecular formula is C17H24N4O2S. The maximum atomic E-state index is 13.1. The molecule has 130 valence electrons. The standard InChI is InChI=1S/C17H24N4O2S/c1-13(2)14-4-6-15(7-5-14)24(22,23)21-11-8-18-12-16(21)17-19-9-10-20(17)3/h4-7,9-10,13,16,18H,8,11-12H2,1-3H3. The van der Waals surface area contributed by atoms with Gasteiger partial charge < -0.3 is 9.88 Å². The Hall–Kier alpha value is -1.70. The quantitative estimate of drug-likeness (QED) is 0.916. The molecule has 3 rings (SSSR count). The zero-order valence-corrected chi connectivity index (χ0v) is 15.1. The Labute approximate surface area is 143 Å². The van der Waals surface area contributed by atoms with Gasteiger partial charge in [0.1, 0.15) is 5.82 Å². The molecule has 1 fully saturated rings. The third kappa shape index (κ3) is 3.11. The zero-order valence-electron chi connectivity index (χ0n) is 14.3. The molecule has 1 atom stereocenters. The van der Waals surface area contributed by atoms with Crippen LogP contribution in [0.2, 0.25) is 0 Å². The molecule has 0 amide bonds. The summed E-state index contributed by atoms with van der Waals surface area (Å²) in [5, 5.41) is 3.27. The summed E-state index contributed by atoms with van der Waals surface area (Å²) in [6, 6.07) is 6.92. The van der Waals surface area contributed by atoms with Crippen LogP contribution in [0.5, 0.6) is 0 Å². The number of hydrogen-bond donors (Lipinski definition) is 1. The van der Waals surface area contributed by atoms with Crippen molar-refractivity contribution in [3.8, 4) is 0 Å². The van der Waals surface area contributed by atoms with E-state index in [2.05, 4.69) is 24.1 Å². The summed E-state index contributed by atoms with van der Waals surface area (Å²) in [5.74, 6) is 1.13. The van der Waals surface area contributed by atoms with Gasteiger partial charge in [0.2, 0.25) is 10.0 Å². The van der Waals surface area contributed by atoms with Crippen LogP contribution in [0.3, 0.4) is 0 Å². The van der Waals surface area contributed by atoms with Crippen molar-refractivity contribution >= 4 is 10.0 Å². The summed E-state index contributed by atoms with van der Waals surface area (Å²) in [5.41, 5.74) is 1.13. The summed E-state index contributed by atoms with van der Waals surface area (Å²) < 4.78 is 29.7. The van der Waals surface area contributed by atoms with E-state index in [1.165, 1.54) is 0 Å². The van der Waals surface area contributed by atoms with Crippen LogP contribution in [0.4, 0.5) is 0 Å². The van der Waals surface area contributed by atoms with Crippen molar-refractivity contribution < 1.29 is 8.42 Å². The minimum absolute atomic E-state index is 0.298. The van der Waals surface area contributed by atoms with E-state index >= 15 is 0 Å². The topological polar surface area (TPSA) is 67.2 Å². The Bertz CT molecular complexity index is 796. The fraction of sp³-hybridized carbons (Fsp3) is 0.471. The number of piperazine rings is 1. The summed E-state index contributed by atoms with van der Waals surface area (Å²) in [7, 11) is -1.67. The van der Waals surface area contributed by atoms with E-state index in [9.17, 15) is 8.42 Å². The van der Waals surface area contributed by atoms with Gasteiger partial charge in [-0.05, 0) is 23.6 Å². The van der Waals surface area contributed by atoms with Gasteiger partial charge in [-0.25, -0.2) is 13.4 Å². The van der Waals surface area contributed by atoms with Crippen LogP contribution in [0.15, 0.2) is 41.6 Å². The minimum Gasteiger partial charge on any atom is -0.337 e. The fourth-order valence-corrected chi connectivity index (χ4v) is 4.64. The predicted octanol–water partition coefficient (Wildman–Crippen LogP) is 1.88. The predicted molar refractivity (Wildman–Crippen MR) is 93.2 cm³/mol. The highest BCUT2D eigenvalue weighted by Gasteiger charge is 2.36. The zero-order chi connectivity index (χ0) is 17.3. The number of hydrogen-bond acceptors (Lipinski definition) is 4. The van der Waals surface area contributed by atoms with Crippen LogP contribution in [0, 0.1) is 0 Å². The Kier molecular flexibility index (Phi) is 4.76. The Balaban J connectivity index is 1.95. The van der Waals surface area contributed by atoms with Crippen molar-refractivity contribution in [2.24, 2.45) is 7.05 Å². The van der Waals surface area contributed by atoms with E-state index in [4.69, 9.17) is 0 Å². The molecule has 1 N–H and O–H groups in total. The minimum atomic E-state index is -3.56. The highest BCUT2D eigenvalue weighted by atomic mass is 32.2. The largest absolute Gasteiger partial charge is 0.337 e. The lowest BCUT2D eigenvalue weighted by Gasteiger charge is -2.34. The lowest BCUT2D eigenvalue weighted by atomic mass is 10.0. The molecule has 6 nitrogen and oxygen atoms in total. The highest BCUT2D eigenvalue weighted by Crippen LogP contribution is 2.28. The molecule has 0 saturated carbocycles. The fourth-order valence-electron chi connectivity index (χ4n) is 3.05. The lowest BCUT2D eigenvalue weighted by Crippen LogP contribution is -2.49. The van der Waals surface area contributed by atoms with Crippen LogP contribution in [0.1, 0.15) is 37.2 Å². The number of nitrogens with zero attached hydrogens (tertiary/aromatic N) is 3. The van der Waals surface area contributed by atoms with E-state index in [1.807, 2.05) is 29.9 Å². The molecule has 24 heavy (non-hydrogen) atoms. The number of aryl methyl sites for hydroxylation is 1. The molecule has 7 heteroatoms. The van der Waals surface area contributed by atoms with Gasteiger partial charge in [0.05, 0.1) is 10.9 Å². The van der Waals surface area contributed by atoms with E-state index in [-0.39, 0.29) is 6.04 Å². The molecule has 1 aliphatic heterocycles. The molecule has 2 heterocycles. The molecule has 0 radical (unpaired) electrons. The number of sulfonamides is 1. The lowest BCUT2D eigenvalue weighted by molar-refractivity contribution is 0.258. The molecule has 0 aliphatic carbocycles. The van der Waals surface area contributed by atoms with Crippen LogP contribution in [-0.4, -0.2) is 41.9 Å². The maximum Gasteiger partial charge on any atom is 0.243 e. The Morgan fingerprint density at radius 2 is 1.96 bits per heavy atom. The van der Waals surface area contributed by atoms with Crippen molar-refractivity contribution in [1.29, 1.82) is 0 Å². The second-order valence-corrected chi connectivity index (χ2v) is 8.35. The van der Waals surface area contributed by atoms with Gasteiger partial charge in [-0.2, -0.15) is 4.31 Å². The van der Waals surface area contributed by atoms with Gasteiger partial charge in [-0.1, -0.05) is 26.0 Å². The van der Waals surface area contributed by atoms with Crippen molar-refractivity contribution in [2.75, 3.05) is 19.6 Å². The smallest absolute Gasteiger partial charge is 0.243 e. The van der Waals surface area contributed by atoms with Crippen LogP contribution in [-0.2, 0) is 17.1 Å². The number of imidazole rings is 1. The summed E-state index contributed by atoms with van der Waals surface area (Å²) >= 11 is 0. The number of rotatable bonds is 4. The first-order valence-corrected chi connectivity index (χ1v) is 9.65. The molecule has 2 aromatic rings.